The smallest absolute Gasteiger partial charge is 0.342 e. The predicted molar refractivity (Wildman–Crippen MR) is 73.6 cm³/mol. The van der Waals surface area contributed by atoms with Gasteiger partial charge < -0.3 is 9.94 Å². The molecular formula is C14H13N3O3. The van der Waals surface area contributed by atoms with Crippen molar-refractivity contribution in [1.82, 2.24) is 0 Å². The van der Waals surface area contributed by atoms with Gasteiger partial charge >= 0.3 is 5.97 Å². The van der Waals surface area contributed by atoms with E-state index in [1.54, 1.807) is 54.6 Å². The Labute approximate surface area is 115 Å². The first-order valence-electron chi connectivity index (χ1n) is 5.88. The fourth-order valence-electron chi connectivity index (χ4n) is 1.58. The second-order valence-corrected chi connectivity index (χ2v) is 3.86. The van der Waals surface area contributed by atoms with E-state index in [1.165, 1.54) is 7.11 Å². The summed E-state index contributed by atoms with van der Waals surface area (Å²) < 4.78 is 4.66. The van der Waals surface area contributed by atoms with Crippen molar-refractivity contribution in [3.8, 4) is 0 Å². The van der Waals surface area contributed by atoms with Crippen LogP contribution in [0, 0.1) is 5.21 Å². The van der Waals surface area contributed by atoms with Crippen molar-refractivity contribution >= 4 is 17.3 Å². The van der Waals surface area contributed by atoms with E-state index in [1.807, 2.05) is 0 Å². The SMILES string of the molecule is COC(=O)c1ccccc1NN=[N+]([O-])c1ccccc1. The highest BCUT2D eigenvalue weighted by atomic mass is 16.5. The van der Waals surface area contributed by atoms with Gasteiger partial charge in [0.15, 0.2) is 11.4 Å². The number of rotatable bonds is 4. The molecule has 0 unspecified atom stereocenters. The average molecular weight is 271 g/mol. The van der Waals surface area contributed by atoms with Gasteiger partial charge in [0.1, 0.15) is 5.56 Å². The number of carbonyl (C=O) groups is 1. The zero-order chi connectivity index (χ0) is 14.4. The van der Waals surface area contributed by atoms with Crippen molar-refractivity contribution in [2.75, 3.05) is 12.5 Å². The molecule has 0 aliphatic heterocycles. The summed E-state index contributed by atoms with van der Waals surface area (Å²) in [4.78, 5) is 12.0. The van der Waals surface area contributed by atoms with Crippen LogP contribution in [0.1, 0.15) is 10.4 Å². The molecule has 0 radical (unpaired) electrons. The third kappa shape index (κ3) is 3.11. The van der Waals surface area contributed by atoms with Crippen molar-refractivity contribution in [1.29, 1.82) is 0 Å². The minimum Gasteiger partial charge on any atom is -0.691 e. The predicted octanol–water partition coefficient (Wildman–Crippen LogP) is 3.09. The maximum Gasteiger partial charge on any atom is 0.342 e. The molecule has 6 nitrogen and oxygen atoms in total. The van der Waals surface area contributed by atoms with Crippen LogP contribution in [0.4, 0.5) is 11.4 Å². The summed E-state index contributed by atoms with van der Waals surface area (Å²) in [6, 6.07) is 15.2. The number of carbonyl (C=O) groups excluding carboxylic acids is 1. The molecule has 0 aliphatic rings. The molecule has 2 aromatic carbocycles. The molecule has 1 N–H and O–H groups in total. The Bertz CT molecular complexity index is 627. The van der Waals surface area contributed by atoms with E-state index in [-0.39, 0.29) is 0 Å². The highest BCUT2D eigenvalue weighted by Gasteiger charge is 2.13. The maximum absolute atomic E-state index is 11.7. The molecule has 0 heterocycles. The number of anilines is 1. The van der Waals surface area contributed by atoms with Crippen molar-refractivity contribution in [3.63, 3.8) is 0 Å². The lowest BCUT2D eigenvalue weighted by atomic mass is 10.2. The fraction of sp³-hybridized carbons (Fsp3) is 0.0714. The third-order valence-electron chi connectivity index (χ3n) is 2.57. The Morgan fingerprint density at radius 3 is 2.50 bits per heavy atom. The summed E-state index contributed by atoms with van der Waals surface area (Å²) in [6.45, 7) is 0. The van der Waals surface area contributed by atoms with E-state index in [0.717, 1.165) is 0 Å². The van der Waals surface area contributed by atoms with Crippen molar-refractivity contribution in [2.45, 2.75) is 0 Å². The summed E-state index contributed by atoms with van der Waals surface area (Å²) in [7, 11) is 1.29. The summed E-state index contributed by atoms with van der Waals surface area (Å²) >= 11 is 0. The number of para-hydroxylation sites is 2. The van der Waals surface area contributed by atoms with E-state index in [2.05, 4.69) is 15.4 Å². The van der Waals surface area contributed by atoms with Gasteiger partial charge in [-0.2, -0.15) is 0 Å². The third-order valence-corrected chi connectivity index (χ3v) is 2.57. The van der Waals surface area contributed by atoms with Gasteiger partial charge in [-0.05, 0) is 24.3 Å². The quantitative estimate of drug-likeness (QED) is 0.401. The van der Waals surface area contributed by atoms with E-state index in [0.29, 0.717) is 21.8 Å². The van der Waals surface area contributed by atoms with Crippen LogP contribution in [-0.4, -0.2) is 17.9 Å². The second-order valence-electron chi connectivity index (χ2n) is 3.86. The molecule has 0 atom stereocenters. The monoisotopic (exact) mass is 271 g/mol. The number of nitrogens with one attached hydrogen (secondary N) is 1. The minimum atomic E-state index is -0.500. The van der Waals surface area contributed by atoms with Crippen LogP contribution in [0.3, 0.4) is 0 Å². The van der Waals surface area contributed by atoms with Crippen LogP contribution < -0.4 is 5.43 Å². The lowest BCUT2D eigenvalue weighted by Gasteiger charge is -2.06. The highest BCUT2D eigenvalue weighted by molar-refractivity contribution is 5.95. The number of nitrogens with zero attached hydrogens (tertiary/aromatic N) is 2. The highest BCUT2D eigenvalue weighted by Crippen LogP contribution is 2.17. The van der Waals surface area contributed by atoms with Gasteiger partial charge in [-0.15, -0.1) is 10.3 Å². The van der Waals surface area contributed by atoms with Crippen LogP contribution in [0.15, 0.2) is 59.8 Å². The normalized spacial score (nSPS) is 10.9. The lowest BCUT2D eigenvalue weighted by Crippen LogP contribution is -2.06. The largest absolute Gasteiger partial charge is 0.691 e. The zero-order valence-electron chi connectivity index (χ0n) is 10.8. The van der Waals surface area contributed by atoms with E-state index < -0.39 is 5.97 Å². The first-order valence-corrected chi connectivity index (χ1v) is 5.88. The van der Waals surface area contributed by atoms with Crippen LogP contribution in [0.5, 0.6) is 0 Å². The Morgan fingerprint density at radius 2 is 1.80 bits per heavy atom. The number of ether oxygens (including phenoxy) is 1. The molecule has 0 fully saturated rings. The molecule has 0 saturated heterocycles. The Morgan fingerprint density at radius 1 is 1.15 bits per heavy atom. The molecule has 0 aromatic heterocycles. The number of esters is 1. The summed E-state index contributed by atoms with van der Waals surface area (Å²) in [6.07, 6.45) is 0. The van der Waals surface area contributed by atoms with Gasteiger partial charge in [0, 0.05) is 0 Å². The Kier molecular flexibility index (Phi) is 4.28. The molecule has 0 bridgehead atoms. The van der Waals surface area contributed by atoms with Crippen LogP contribution >= 0.6 is 0 Å². The average Bonchev–Trinajstić information content (AvgIpc) is 2.53. The molecular weight excluding hydrogens is 258 g/mol. The van der Waals surface area contributed by atoms with Gasteiger partial charge in [0.25, 0.3) is 0 Å². The summed E-state index contributed by atoms with van der Waals surface area (Å²) in [5.74, 6) is -0.500. The number of benzene rings is 2. The molecule has 2 aromatic rings. The summed E-state index contributed by atoms with van der Waals surface area (Å²) in [5, 5.41) is 15.4. The van der Waals surface area contributed by atoms with Gasteiger partial charge in [0.2, 0.25) is 0 Å². The van der Waals surface area contributed by atoms with E-state index >= 15 is 0 Å². The van der Waals surface area contributed by atoms with Crippen LogP contribution in [0.25, 0.3) is 0 Å². The lowest BCUT2D eigenvalue weighted by molar-refractivity contribution is -0.439. The number of methoxy groups -OCH3 is 1. The van der Waals surface area contributed by atoms with Crippen LogP contribution in [0.2, 0.25) is 0 Å². The first kappa shape index (κ1) is 13.5. The standard InChI is InChI=1S/C14H13N3O3/c1-20-14(18)12-9-5-6-10-13(12)15-16-17(19)11-7-3-2-4-8-11/h2-10,15H,1H3. The number of hydrogen-bond acceptors (Lipinski definition) is 4. The summed E-state index contributed by atoms with van der Waals surface area (Å²) in [5.41, 5.74) is 3.65. The Hall–Kier alpha value is -2.89. The van der Waals surface area contributed by atoms with Gasteiger partial charge in [-0.1, -0.05) is 30.3 Å². The molecule has 0 saturated carbocycles. The van der Waals surface area contributed by atoms with Gasteiger partial charge in [-0.3, -0.25) is 0 Å². The zero-order valence-corrected chi connectivity index (χ0v) is 10.8. The molecule has 0 spiro atoms. The molecule has 0 amide bonds. The van der Waals surface area contributed by atoms with E-state index in [9.17, 15) is 10.0 Å². The maximum atomic E-state index is 11.7. The van der Waals surface area contributed by atoms with Crippen LogP contribution in [-0.2, 0) is 4.74 Å². The van der Waals surface area contributed by atoms with Gasteiger partial charge in [-0.25, -0.2) is 4.79 Å². The van der Waals surface area contributed by atoms with E-state index in [4.69, 9.17) is 0 Å². The fourth-order valence-corrected chi connectivity index (χ4v) is 1.58. The first-order chi connectivity index (χ1) is 9.72. The molecule has 0 aliphatic carbocycles. The molecule has 20 heavy (non-hydrogen) atoms. The second kappa shape index (κ2) is 6.33. The molecule has 2 rings (SSSR count). The van der Waals surface area contributed by atoms with Crippen molar-refractivity contribution < 1.29 is 14.4 Å². The minimum absolute atomic E-state index is 0.306. The van der Waals surface area contributed by atoms with Gasteiger partial charge in [0.05, 0.1) is 12.3 Å². The number of hydrogen-bond donors (Lipinski definition) is 1. The topological polar surface area (TPSA) is 76.8 Å². The van der Waals surface area contributed by atoms with Crippen molar-refractivity contribution in [2.24, 2.45) is 5.22 Å². The van der Waals surface area contributed by atoms with Crippen molar-refractivity contribution in [3.05, 3.63) is 65.4 Å². The Balaban J connectivity index is 2.21. The molecule has 102 valence electrons. The molecule has 6 heteroatoms.